The molecule has 2 aromatic rings. The van der Waals surface area contributed by atoms with E-state index < -0.39 is 5.82 Å². The molecular weight excluding hydrogens is 255 g/mol. The summed E-state index contributed by atoms with van der Waals surface area (Å²) < 4.78 is 13.2. The molecule has 0 aliphatic heterocycles. The minimum Gasteiger partial charge on any atom is -0.292 e. The Balaban J connectivity index is 2.24. The van der Waals surface area contributed by atoms with E-state index in [1.54, 1.807) is 13.0 Å². The molecule has 0 saturated carbocycles. The lowest BCUT2D eigenvalue weighted by molar-refractivity contribution is 0.0988. The van der Waals surface area contributed by atoms with E-state index in [9.17, 15) is 9.18 Å². The molecule has 0 N–H and O–H groups in total. The quantitative estimate of drug-likeness (QED) is 0.801. The molecule has 0 unspecified atom stereocenters. The van der Waals surface area contributed by atoms with Gasteiger partial charge >= 0.3 is 0 Å². The zero-order valence-electron chi connectivity index (χ0n) is 9.65. The second-order valence-electron chi connectivity index (χ2n) is 3.80. The summed E-state index contributed by atoms with van der Waals surface area (Å²) in [7, 11) is 0. The van der Waals surface area contributed by atoms with Crippen LogP contribution in [0.2, 0.25) is 5.02 Å². The number of ketones is 1. The Morgan fingerprint density at radius 3 is 2.89 bits per heavy atom. The maximum Gasteiger partial charge on any atom is 0.185 e. The molecule has 0 saturated heterocycles. The van der Waals surface area contributed by atoms with Gasteiger partial charge < -0.3 is 0 Å². The number of carbonyl (C=O) groups is 1. The number of hydrogen-bond donors (Lipinski definition) is 0. The van der Waals surface area contributed by atoms with Crippen molar-refractivity contribution in [3.8, 4) is 0 Å². The van der Waals surface area contributed by atoms with Crippen LogP contribution in [0.1, 0.15) is 21.9 Å². The van der Waals surface area contributed by atoms with Crippen molar-refractivity contribution in [2.45, 2.75) is 13.3 Å². The van der Waals surface area contributed by atoms with E-state index in [0.29, 0.717) is 17.1 Å². The van der Waals surface area contributed by atoms with Crippen molar-refractivity contribution in [3.05, 3.63) is 58.4 Å². The molecule has 0 amide bonds. The van der Waals surface area contributed by atoms with Gasteiger partial charge in [0.2, 0.25) is 0 Å². The van der Waals surface area contributed by atoms with Gasteiger partial charge in [0.05, 0.1) is 5.02 Å². The summed E-state index contributed by atoms with van der Waals surface area (Å²) >= 11 is 5.80. The largest absolute Gasteiger partial charge is 0.292 e. The van der Waals surface area contributed by atoms with Gasteiger partial charge in [0.25, 0.3) is 0 Å². The Morgan fingerprint density at radius 2 is 2.17 bits per heavy atom. The fourth-order valence-electron chi connectivity index (χ4n) is 1.56. The molecule has 0 atom stereocenters. The highest BCUT2D eigenvalue weighted by Gasteiger charge is 2.13. The van der Waals surface area contributed by atoms with Crippen molar-refractivity contribution in [1.29, 1.82) is 0 Å². The summed E-state index contributed by atoms with van der Waals surface area (Å²) in [5.41, 5.74) is 0.765. The molecule has 1 aromatic carbocycles. The Labute approximate surface area is 109 Å². The van der Waals surface area contributed by atoms with Crippen LogP contribution in [0, 0.1) is 12.7 Å². The first kappa shape index (κ1) is 12.6. The number of benzene rings is 1. The molecule has 0 radical (unpaired) electrons. The Bertz CT molecular complexity index is 601. The fraction of sp³-hybridized carbons (Fsp3) is 0.154. The Morgan fingerprint density at radius 1 is 1.39 bits per heavy atom. The van der Waals surface area contributed by atoms with E-state index in [1.165, 1.54) is 24.4 Å². The summed E-state index contributed by atoms with van der Waals surface area (Å²) in [6, 6.07) is 5.93. The predicted octanol–water partition coefficient (Wildman–Crippen LogP) is 3.00. The van der Waals surface area contributed by atoms with E-state index >= 15 is 0 Å². The number of carbonyl (C=O) groups excluding carboxylic acids is 1. The van der Waals surface area contributed by atoms with E-state index in [1.807, 2.05) is 0 Å². The fourth-order valence-corrected chi connectivity index (χ4v) is 1.75. The second kappa shape index (κ2) is 5.23. The number of aromatic nitrogens is 2. The summed E-state index contributed by atoms with van der Waals surface area (Å²) in [6.07, 6.45) is 1.54. The molecular formula is C13H10ClFN2O. The summed E-state index contributed by atoms with van der Waals surface area (Å²) in [5, 5.41) is -0.0170. The molecule has 5 heteroatoms. The van der Waals surface area contributed by atoms with Crippen LogP contribution in [0.5, 0.6) is 0 Å². The van der Waals surface area contributed by atoms with Crippen LogP contribution in [-0.4, -0.2) is 15.8 Å². The predicted molar refractivity (Wildman–Crippen MR) is 66.2 cm³/mol. The second-order valence-corrected chi connectivity index (χ2v) is 4.18. The first-order valence-electron chi connectivity index (χ1n) is 5.33. The maximum atomic E-state index is 13.2. The monoisotopic (exact) mass is 264 g/mol. The van der Waals surface area contributed by atoms with Crippen LogP contribution >= 0.6 is 11.6 Å². The molecule has 18 heavy (non-hydrogen) atoms. The van der Waals surface area contributed by atoms with E-state index in [4.69, 9.17) is 11.6 Å². The third-order valence-corrected chi connectivity index (χ3v) is 2.87. The minimum atomic E-state index is -0.527. The summed E-state index contributed by atoms with van der Waals surface area (Å²) in [5.74, 6) is -0.222. The number of nitrogens with zero attached hydrogens (tertiary/aromatic N) is 2. The van der Waals surface area contributed by atoms with Crippen LogP contribution < -0.4 is 0 Å². The van der Waals surface area contributed by atoms with E-state index in [-0.39, 0.29) is 17.2 Å². The van der Waals surface area contributed by atoms with Gasteiger partial charge in [-0.1, -0.05) is 23.7 Å². The molecule has 0 spiro atoms. The zero-order valence-corrected chi connectivity index (χ0v) is 10.4. The minimum absolute atomic E-state index is 0.0170. The van der Waals surface area contributed by atoms with Gasteiger partial charge in [-0.05, 0) is 24.6 Å². The highest BCUT2D eigenvalue weighted by atomic mass is 35.5. The van der Waals surface area contributed by atoms with Gasteiger partial charge in [-0.2, -0.15) is 0 Å². The standard InChI is InChI=1S/C13H10ClFN2O/c1-8-16-6-5-11(17-8)12(18)7-9-3-2-4-10(15)13(9)14/h2-6H,7H2,1H3. The average molecular weight is 265 g/mol. The van der Waals surface area contributed by atoms with Gasteiger partial charge in [0.15, 0.2) is 5.78 Å². The molecule has 3 nitrogen and oxygen atoms in total. The van der Waals surface area contributed by atoms with E-state index in [0.717, 1.165) is 0 Å². The van der Waals surface area contributed by atoms with Crippen molar-refractivity contribution in [2.75, 3.05) is 0 Å². The number of rotatable bonds is 3. The van der Waals surface area contributed by atoms with Crippen molar-refractivity contribution in [3.63, 3.8) is 0 Å². The Kier molecular flexibility index (Phi) is 3.67. The molecule has 92 valence electrons. The molecule has 0 fully saturated rings. The highest BCUT2D eigenvalue weighted by molar-refractivity contribution is 6.31. The summed E-state index contributed by atoms with van der Waals surface area (Å²) in [6.45, 7) is 1.70. The topological polar surface area (TPSA) is 42.9 Å². The van der Waals surface area contributed by atoms with Gasteiger partial charge in [0, 0.05) is 12.6 Å². The number of hydrogen-bond acceptors (Lipinski definition) is 3. The first-order chi connectivity index (χ1) is 8.58. The van der Waals surface area contributed by atoms with Crippen LogP contribution in [0.4, 0.5) is 4.39 Å². The first-order valence-corrected chi connectivity index (χ1v) is 5.71. The van der Waals surface area contributed by atoms with Gasteiger partial charge in [-0.15, -0.1) is 0 Å². The van der Waals surface area contributed by atoms with Gasteiger partial charge in [-0.3, -0.25) is 4.79 Å². The van der Waals surface area contributed by atoms with Gasteiger partial charge in [-0.25, -0.2) is 14.4 Å². The molecule has 1 heterocycles. The normalized spacial score (nSPS) is 10.4. The average Bonchev–Trinajstić information content (AvgIpc) is 2.35. The van der Waals surface area contributed by atoms with Crippen LogP contribution in [0.25, 0.3) is 0 Å². The number of halogens is 2. The maximum absolute atomic E-state index is 13.2. The van der Waals surface area contributed by atoms with Crippen molar-refractivity contribution >= 4 is 17.4 Å². The van der Waals surface area contributed by atoms with Gasteiger partial charge in [0.1, 0.15) is 17.3 Å². The molecule has 0 aliphatic carbocycles. The molecule has 1 aromatic heterocycles. The number of aryl methyl sites for hydroxylation is 1. The van der Waals surface area contributed by atoms with Crippen molar-refractivity contribution in [1.82, 2.24) is 9.97 Å². The summed E-state index contributed by atoms with van der Waals surface area (Å²) in [4.78, 5) is 19.9. The van der Waals surface area contributed by atoms with Crippen molar-refractivity contribution < 1.29 is 9.18 Å². The SMILES string of the molecule is Cc1nccc(C(=O)Cc2cccc(F)c2Cl)n1. The van der Waals surface area contributed by atoms with Crippen LogP contribution in [0.3, 0.4) is 0 Å². The molecule has 2 rings (SSSR count). The van der Waals surface area contributed by atoms with Crippen molar-refractivity contribution in [2.24, 2.45) is 0 Å². The van der Waals surface area contributed by atoms with Crippen LogP contribution in [-0.2, 0) is 6.42 Å². The third-order valence-electron chi connectivity index (χ3n) is 2.44. The highest BCUT2D eigenvalue weighted by Crippen LogP contribution is 2.20. The lowest BCUT2D eigenvalue weighted by atomic mass is 10.1. The lowest BCUT2D eigenvalue weighted by Gasteiger charge is -2.04. The van der Waals surface area contributed by atoms with Crippen LogP contribution in [0.15, 0.2) is 30.5 Å². The molecule has 0 bridgehead atoms. The third kappa shape index (κ3) is 2.71. The zero-order chi connectivity index (χ0) is 13.1. The Hall–Kier alpha value is -1.81. The smallest absolute Gasteiger partial charge is 0.185 e. The van der Waals surface area contributed by atoms with E-state index in [2.05, 4.69) is 9.97 Å². The number of Topliss-reactive ketones (excluding diaryl/α,β-unsaturated/α-hetero) is 1. The lowest BCUT2D eigenvalue weighted by Crippen LogP contribution is -2.08. The molecule has 0 aliphatic rings.